The third-order valence-electron chi connectivity index (χ3n) is 7.26. The van der Waals surface area contributed by atoms with E-state index in [0.717, 1.165) is 18.0 Å². The first-order valence-corrected chi connectivity index (χ1v) is 13.7. The van der Waals surface area contributed by atoms with Gasteiger partial charge in [-0.1, -0.05) is 20.4 Å². The maximum Gasteiger partial charge on any atom is 0.256 e. The predicted octanol–water partition coefficient (Wildman–Crippen LogP) is 6.21. The fraction of sp³-hybridized carbons (Fsp3) is 0.464. The lowest BCUT2D eigenvalue weighted by molar-refractivity contribution is 0.127. The van der Waals surface area contributed by atoms with Crippen molar-refractivity contribution in [3.63, 3.8) is 0 Å². The molecule has 4 aromatic rings. The molecule has 1 fully saturated rings. The Morgan fingerprint density at radius 3 is 2.59 bits per heavy atom. The molecule has 0 aliphatic carbocycles. The molecular formula is C28H32F5N7S. The number of aromatic nitrogens is 5. The van der Waals surface area contributed by atoms with Gasteiger partial charge < -0.3 is 14.8 Å². The van der Waals surface area contributed by atoms with Crippen LogP contribution in [0.5, 0.6) is 0 Å². The zero-order chi connectivity index (χ0) is 29.8. The third-order valence-corrected chi connectivity index (χ3v) is 7.42. The highest BCUT2D eigenvalue weighted by Crippen LogP contribution is 2.36. The van der Waals surface area contributed by atoms with Crippen LogP contribution in [0.25, 0.3) is 27.7 Å². The van der Waals surface area contributed by atoms with E-state index in [-0.39, 0.29) is 52.4 Å². The van der Waals surface area contributed by atoms with E-state index in [2.05, 4.69) is 39.6 Å². The molecule has 220 valence electrons. The molecule has 0 saturated carbocycles. The van der Waals surface area contributed by atoms with Crippen molar-refractivity contribution in [1.29, 1.82) is 0 Å². The summed E-state index contributed by atoms with van der Waals surface area (Å²) in [5.74, 6) is -1.13. The molecule has 1 N–H and O–H groups in total. The lowest BCUT2D eigenvalue weighted by Crippen LogP contribution is -2.47. The van der Waals surface area contributed by atoms with Crippen LogP contribution in [0.15, 0.2) is 30.6 Å². The van der Waals surface area contributed by atoms with E-state index in [1.54, 1.807) is 0 Å². The summed E-state index contributed by atoms with van der Waals surface area (Å²) in [6, 6.07) is 2.02. The van der Waals surface area contributed by atoms with Crippen LogP contribution >= 0.6 is 12.6 Å². The van der Waals surface area contributed by atoms with Gasteiger partial charge in [-0.3, -0.25) is 0 Å². The van der Waals surface area contributed by atoms with Gasteiger partial charge in [0.05, 0.1) is 42.1 Å². The number of imidazole rings is 1. The maximum absolute atomic E-state index is 15.7. The van der Waals surface area contributed by atoms with Crippen LogP contribution in [0.4, 0.5) is 27.9 Å². The van der Waals surface area contributed by atoms with Gasteiger partial charge in [-0.15, -0.1) is 5.10 Å². The van der Waals surface area contributed by atoms with Gasteiger partial charge in [0.25, 0.3) is 6.43 Å². The highest BCUT2D eigenvalue weighted by atomic mass is 32.1. The topological polar surface area (TPSA) is 63.3 Å². The Morgan fingerprint density at radius 1 is 1.22 bits per heavy atom. The summed E-state index contributed by atoms with van der Waals surface area (Å²) in [5.41, 5.74) is 1.68. The Bertz CT molecular complexity index is 1620. The summed E-state index contributed by atoms with van der Waals surface area (Å²) in [5, 5.41) is 7.50. The number of alkyl halides is 3. The van der Waals surface area contributed by atoms with Gasteiger partial charge >= 0.3 is 0 Å². The molecular weight excluding hydrogens is 561 g/mol. The second-order valence-corrected chi connectivity index (χ2v) is 12.5. The van der Waals surface area contributed by atoms with Crippen LogP contribution in [0.1, 0.15) is 38.7 Å². The first-order chi connectivity index (χ1) is 19.2. The molecule has 7 nitrogen and oxygen atoms in total. The minimum Gasteiger partial charge on any atom is -0.372 e. The molecule has 41 heavy (non-hydrogen) atoms. The monoisotopic (exact) mass is 593 g/mol. The lowest BCUT2D eigenvalue weighted by Gasteiger charge is -2.36. The van der Waals surface area contributed by atoms with E-state index >= 15 is 13.2 Å². The minimum atomic E-state index is -2.69. The standard InChI is InChI=1S/C28H32F5N7S/c1-14(2)38-7-6-20(18(30)11-38)35-27-36-21(10-28(4,5)41)26-24(19(31)12-40(26)37-27)16-8-17(29)25-22(9-16)39(13-23(32)33)15(3)34-25/h8-9,12,18,20,23,41H,1,6-7,10-11,13H2,2-5H3,(H,35,37). The number of piperidine rings is 1. The number of halogens is 5. The summed E-state index contributed by atoms with van der Waals surface area (Å²) in [4.78, 5) is 10.6. The molecule has 1 aromatic carbocycles. The number of hydrogen-bond acceptors (Lipinski definition) is 6. The molecule has 5 rings (SSSR count). The van der Waals surface area contributed by atoms with Gasteiger partial charge in [-0.2, -0.15) is 12.6 Å². The lowest BCUT2D eigenvalue weighted by atomic mass is 10.0. The van der Waals surface area contributed by atoms with Gasteiger partial charge in [0, 0.05) is 29.0 Å². The molecule has 3 aromatic heterocycles. The van der Waals surface area contributed by atoms with Crippen LogP contribution in [0, 0.1) is 18.6 Å². The quantitative estimate of drug-likeness (QED) is 0.188. The Balaban J connectivity index is 1.62. The van der Waals surface area contributed by atoms with Crippen molar-refractivity contribution in [3.8, 4) is 11.1 Å². The molecule has 13 heteroatoms. The summed E-state index contributed by atoms with van der Waals surface area (Å²) in [6.45, 7) is 11.1. The normalized spacial score (nSPS) is 18.2. The summed E-state index contributed by atoms with van der Waals surface area (Å²) in [7, 11) is 0. The number of allylic oxidation sites excluding steroid dienone is 1. The molecule has 2 atom stereocenters. The molecule has 1 aliphatic heterocycles. The van der Waals surface area contributed by atoms with Crippen LogP contribution in [0.2, 0.25) is 0 Å². The first kappa shape index (κ1) is 29.2. The zero-order valence-electron chi connectivity index (χ0n) is 23.2. The summed E-state index contributed by atoms with van der Waals surface area (Å²) >= 11 is 4.64. The molecule has 0 amide bonds. The first-order valence-electron chi connectivity index (χ1n) is 13.3. The van der Waals surface area contributed by atoms with Crippen molar-refractivity contribution in [1.82, 2.24) is 29.0 Å². The van der Waals surface area contributed by atoms with Crippen LogP contribution in [0.3, 0.4) is 0 Å². The van der Waals surface area contributed by atoms with E-state index in [1.165, 1.54) is 22.1 Å². The van der Waals surface area contributed by atoms with Crippen molar-refractivity contribution in [2.75, 3.05) is 18.4 Å². The van der Waals surface area contributed by atoms with Crippen molar-refractivity contribution in [2.24, 2.45) is 0 Å². The van der Waals surface area contributed by atoms with E-state index in [1.807, 2.05) is 25.7 Å². The Kier molecular flexibility index (Phi) is 7.68. The van der Waals surface area contributed by atoms with Crippen molar-refractivity contribution < 1.29 is 22.0 Å². The Morgan fingerprint density at radius 2 is 1.95 bits per heavy atom. The van der Waals surface area contributed by atoms with Gasteiger partial charge in [0.2, 0.25) is 5.95 Å². The van der Waals surface area contributed by atoms with Crippen molar-refractivity contribution in [2.45, 2.75) is 70.5 Å². The Labute approximate surface area is 239 Å². The Hall–Kier alpha value is -3.35. The number of thiol groups is 1. The minimum absolute atomic E-state index is 0.0190. The fourth-order valence-electron chi connectivity index (χ4n) is 5.38. The largest absolute Gasteiger partial charge is 0.372 e. The number of nitrogens with zero attached hydrogens (tertiary/aromatic N) is 6. The third kappa shape index (κ3) is 5.86. The van der Waals surface area contributed by atoms with Gasteiger partial charge in [-0.05, 0) is 38.0 Å². The van der Waals surface area contributed by atoms with Gasteiger partial charge in [0.1, 0.15) is 17.5 Å². The van der Waals surface area contributed by atoms with Crippen molar-refractivity contribution in [3.05, 3.63) is 53.8 Å². The number of benzene rings is 1. The zero-order valence-corrected chi connectivity index (χ0v) is 24.1. The van der Waals surface area contributed by atoms with E-state index in [4.69, 9.17) is 0 Å². The fourth-order valence-corrected chi connectivity index (χ4v) is 5.53. The molecule has 0 radical (unpaired) electrons. The summed E-state index contributed by atoms with van der Waals surface area (Å²) < 4.78 is 74.4. The average Bonchev–Trinajstić information content (AvgIpc) is 3.35. The van der Waals surface area contributed by atoms with Gasteiger partial charge in [-0.25, -0.2) is 36.4 Å². The molecule has 2 unspecified atom stereocenters. The van der Waals surface area contributed by atoms with Crippen LogP contribution in [-0.4, -0.2) is 65.5 Å². The number of hydrogen-bond donors (Lipinski definition) is 2. The number of fused-ring (bicyclic) bond motifs is 2. The smallest absolute Gasteiger partial charge is 0.256 e. The predicted molar refractivity (Wildman–Crippen MR) is 152 cm³/mol. The number of likely N-dealkylation sites (tertiary alicyclic amines) is 1. The molecule has 1 aliphatic rings. The van der Waals surface area contributed by atoms with Crippen LogP contribution in [-0.2, 0) is 13.0 Å². The summed E-state index contributed by atoms with van der Waals surface area (Å²) in [6.07, 6.45) is -2.00. The van der Waals surface area contributed by atoms with Gasteiger partial charge in [0.15, 0.2) is 11.6 Å². The molecule has 4 heterocycles. The van der Waals surface area contributed by atoms with E-state index in [0.29, 0.717) is 18.7 Å². The highest BCUT2D eigenvalue weighted by molar-refractivity contribution is 7.81. The molecule has 0 bridgehead atoms. The SMILES string of the molecule is C=C(C)N1CCC(Nc2nc(CC(C)(C)S)c3c(-c4cc(F)c5nc(C)n(CC(F)F)c5c4)c(F)cn3n2)C(F)C1. The second kappa shape index (κ2) is 10.8. The van der Waals surface area contributed by atoms with Crippen molar-refractivity contribution >= 4 is 35.1 Å². The average molecular weight is 594 g/mol. The number of rotatable bonds is 8. The number of nitrogens with one attached hydrogen (secondary N) is 1. The molecule has 0 spiro atoms. The highest BCUT2D eigenvalue weighted by Gasteiger charge is 2.31. The second-order valence-electron chi connectivity index (χ2n) is 11.2. The maximum atomic E-state index is 15.7. The van der Waals surface area contributed by atoms with Crippen LogP contribution < -0.4 is 5.32 Å². The van der Waals surface area contributed by atoms with E-state index in [9.17, 15) is 8.78 Å². The number of anilines is 1. The molecule has 1 saturated heterocycles. The number of aryl methyl sites for hydroxylation is 1. The van der Waals surface area contributed by atoms with E-state index < -0.39 is 41.6 Å².